The number of hydrogen-bond donors (Lipinski definition) is 6. The highest BCUT2D eigenvalue weighted by molar-refractivity contribution is 7.84. The van der Waals surface area contributed by atoms with Crippen LogP contribution in [0.4, 0.5) is 0 Å². The minimum absolute atomic E-state index is 0.0920. The smallest absolute Gasteiger partial charge is 0.243 e. The van der Waals surface area contributed by atoms with Crippen LogP contribution in [0, 0.1) is 0 Å². The number of phenolic OH excluding ortho intramolecular Hbond substituents is 1. The molecule has 0 aliphatic carbocycles. The summed E-state index contributed by atoms with van der Waals surface area (Å²) in [6, 6.07) is 11.8. The Balaban J connectivity index is 1.98. The molecule has 0 saturated carbocycles. The van der Waals surface area contributed by atoms with Crippen molar-refractivity contribution >= 4 is 34.4 Å². The highest BCUT2D eigenvalue weighted by atomic mass is 32.2. The van der Waals surface area contributed by atoms with Crippen LogP contribution in [0.3, 0.4) is 0 Å². The first-order valence-electron chi connectivity index (χ1n) is 13.5. The quantitative estimate of drug-likeness (QED) is 0.144. The summed E-state index contributed by atoms with van der Waals surface area (Å²) >= 11 is 0. The topological polar surface area (TPSA) is 191 Å². The van der Waals surface area contributed by atoms with E-state index in [2.05, 4.69) is 16.0 Å². The molecule has 5 atom stereocenters. The first-order valence-corrected chi connectivity index (χ1v) is 15.3. The average molecular weight is 604 g/mol. The molecule has 2 aromatic carbocycles. The number of rotatable bonds is 16. The lowest BCUT2D eigenvalue weighted by molar-refractivity contribution is -0.139. The number of amides is 4. The zero-order valence-electron chi connectivity index (χ0n) is 24.1. The highest BCUT2D eigenvalue weighted by Gasteiger charge is 2.29. The predicted molar refractivity (Wildman–Crippen MR) is 160 cm³/mol. The summed E-state index contributed by atoms with van der Waals surface area (Å²) in [4.78, 5) is 52.6. The van der Waals surface area contributed by atoms with E-state index in [-0.39, 0.29) is 25.2 Å². The van der Waals surface area contributed by atoms with Gasteiger partial charge in [0.25, 0.3) is 0 Å². The summed E-state index contributed by atoms with van der Waals surface area (Å²) in [5, 5.41) is 26.8. The Hall–Kier alpha value is -3.81. The van der Waals surface area contributed by atoms with E-state index in [9.17, 15) is 33.6 Å². The van der Waals surface area contributed by atoms with Gasteiger partial charge < -0.3 is 36.8 Å². The van der Waals surface area contributed by atoms with Gasteiger partial charge in [0.1, 0.15) is 17.8 Å². The van der Waals surface area contributed by atoms with Gasteiger partial charge in [0.2, 0.25) is 23.6 Å². The van der Waals surface area contributed by atoms with Gasteiger partial charge in [-0.25, -0.2) is 0 Å². The van der Waals surface area contributed by atoms with Crippen LogP contribution in [0.25, 0.3) is 0 Å². The van der Waals surface area contributed by atoms with Crippen molar-refractivity contribution in [2.24, 2.45) is 5.73 Å². The number of likely N-dealkylation sites (N-methyl/N-ethyl adjacent to an activating group) is 1. The van der Waals surface area contributed by atoms with E-state index in [0.717, 1.165) is 11.1 Å². The third kappa shape index (κ3) is 11.6. The average Bonchev–Trinajstić information content (AvgIpc) is 2.97. The zero-order valence-corrected chi connectivity index (χ0v) is 24.9. The van der Waals surface area contributed by atoms with Gasteiger partial charge in [0.15, 0.2) is 0 Å². The molecule has 0 heterocycles. The fourth-order valence-electron chi connectivity index (χ4n) is 4.04. The Bertz CT molecular complexity index is 1210. The van der Waals surface area contributed by atoms with Gasteiger partial charge in [-0.05, 0) is 43.0 Å². The first kappa shape index (κ1) is 34.4. The third-order valence-corrected chi connectivity index (χ3v) is 7.46. The van der Waals surface area contributed by atoms with Gasteiger partial charge >= 0.3 is 0 Å². The number of nitrogens with one attached hydrogen (secondary N) is 3. The van der Waals surface area contributed by atoms with Crippen LogP contribution >= 0.6 is 0 Å². The van der Waals surface area contributed by atoms with Gasteiger partial charge in [-0.1, -0.05) is 42.5 Å². The summed E-state index contributed by atoms with van der Waals surface area (Å²) in [6.45, 7) is 0.682. The van der Waals surface area contributed by atoms with E-state index in [1.807, 2.05) is 30.3 Å². The number of nitrogens with zero attached hydrogens (tertiary/aromatic N) is 1. The van der Waals surface area contributed by atoms with Crippen molar-refractivity contribution in [3.8, 4) is 5.75 Å². The van der Waals surface area contributed by atoms with Crippen LogP contribution < -0.4 is 21.7 Å². The van der Waals surface area contributed by atoms with Crippen LogP contribution in [0.15, 0.2) is 54.6 Å². The van der Waals surface area contributed by atoms with Crippen molar-refractivity contribution < 1.29 is 33.6 Å². The maximum absolute atomic E-state index is 13.2. The Morgan fingerprint density at radius 3 is 2.14 bits per heavy atom. The van der Waals surface area contributed by atoms with Crippen LogP contribution in [0.1, 0.15) is 24.5 Å². The summed E-state index contributed by atoms with van der Waals surface area (Å²) in [7, 11) is 0.351. The molecule has 2 rings (SSSR count). The predicted octanol–water partition coefficient (Wildman–Crippen LogP) is -0.802. The van der Waals surface area contributed by atoms with E-state index in [1.165, 1.54) is 37.3 Å². The lowest BCUT2D eigenvalue weighted by Crippen LogP contribution is -2.55. The number of aliphatic hydroxyl groups is 1. The van der Waals surface area contributed by atoms with Gasteiger partial charge in [-0.3, -0.25) is 23.4 Å². The maximum atomic E-state index is 13.2. The SMILES string of the molecule is C[C@H](NC(=O)[C@@H](N)Cc1ccc(O)cc1)C(=O)NCC(=O)N(C)[C@@H](Cc1ccccc1)C(=O)N[C@H](CO)CC[S@@](C)=O. The monoisotopic (exact) mass is 603 g/mol. The van der Waals surface area contributed by atoms with E-state index < -0.39 is 65.1 Å². The Morgan fingerprint density at radius 1 is 0.929 bits per heavy atom. The molecule has 0 fully saturated rings. The molecule has 42 heavy (non-hydrogen) atoms. The molecule has 4 amide bonds. The molecule has 0 aromatic heterocycles. The second-order valence-corrected chi connectivity index (χ2v) is 11.6. The maximum Gasteiger partial charge on any atom is 0.243 e. The lowest BCUT2D eigenvalue weighted by atomic mass is 10.0. The van der Waals surface area contributed by atoms with E-state index in [4.69, 9.17) is 5.73 Å². The minimum atomic E-state index is -1.10. The fraction of sp³-hybridized carbons (Fsp3) is 0.448. The lowest BCUT2D eigenvalue weighted by Gasteiger charge is -2.29. The van der Waals surface area contributed by atoms with Crippen molar-refractivity contribution in [3.63, 3.8) is 0 Å². The minimum Gasteiger partial charge on any atom is -0.508 e. The van der Waals surface area contributed by atoms with Gasteiger partial charge in [-0.2, -0.15) is 0 Å². The van der Waals surface area contributed by atoms with Crippen LogP contribution in [-0.2, 0) is 42.8 Å². The number of nitrogens with two attached hydrogens (primary N) is 1. The normalized spacial score (nSPS) is 14.5. The molecule has 0 aliphatic heterocycles. The molecule has 0 unspecified atom stereocenters. The first-order chi connectivity index (χ1) is 19.9. The standard InChI is InChI=1S/C29H41N5O7S/c1-19(32-28(39)24(30)15-21-9-11-23(36)12-10-21)27(38)31-17-26(37)34(2)25(16-20-7-5-4-6-8-20)29(40)33-22(18-35)13-14-42(3)41/h4-12,19,22,24-25,35-36H,13-18,30H2,1-3H3,(H,31,38)(H,32,39)(H,33,40)/t19-,22-,24-,25-,42+/m0/s1. The van der Waals surface area contributed by atoms with Crippen molar-refractivity contribution in [2.45, 2.75) is 50.4 Å². The molecular formula is C29H41N5O7S. The van der Waals surface area contributed by atoms with Gasteiger partial charge in [0, 0.05) is 36.3 Å². The Morgan fingerprint density at radius 2 is 1.55 bits per heavy atom. The largest absolute Gasteiger partial charge is 0.508 e. The second-order valence-electron chi connectivity index (χ2n) is 10.1. The Kier molecular flexibility index (Phi) is 14.1. The molecule has 0 saturated heterocycles. The van der Waals surface area contributed by atoms with E-state index in [0.29, 0.717) is 12.2 Å². The van der Waals surface area contributed by atoms with Crippen molar-refractivity contribution in [1.29, 1.82) is 0 Å². The molecule has 0 spiro atoms. The van der Waals surface area contributed by atoms with Crippen molar-refractivity contribution in [3.05, 3.63) is 65.7 Å². The number of hydrogen-bond acceptors (Lipinski definition) is 8. The highest BCUT2D eigenvalue weighted by Crippen LogP contribution is 2.12. The zero-order chi connectivity index (χ0) is 31.2. The summed E-state index contributed by atoms with van der Waals surface area (Å²) in [5.74, 6) is -1.82. The number of carbonyl (C=O) groups is 4. The second kappa shape index (κ2) is 17.2. The molecule has 2 aromatic rings. The summed E-state index contributed by atoms with van der Waals surface area (Å²) in [5.41, 5.74) is 7.50. The number of carbonyl (C=O) groups excluding carboxylic acids is 4. The van der Waals surface area contributed by atoms with Gasteiger partial charge in [0.05, 0.1) is 25.2 Å². The van der Waals surface area contributed by atoms with Crippen LogP contribution in [0.2, 0.25) is 0 Å². The number of aromatic hydroxyl groups is 1. The summed E-state index contributed by atoms with van der Waals surface area (Å²) in [6.07, 6.45) is 2.22. The van der Waals surface area contributed by atoms with Crippen molar-refractivity contribution in [2.75, 3.05) is 32.2 Å². The molecule has 13 heteroatoms. The summed E-state index contributed by atoms with van der Waals surface area (Å²) < 4.78 is 11.5. The Labute approximate surface area is 248 Å². The number of benzene rings is 2. The van der Waals surface area contributed by atoms with Crippen LogP contribution in [0.5, 0.6) is 5.75 Å². The molecule has 0 aliphatic rings. The van der Waals surface area contributed by atoms with E-state index >= 15 is 0 Å². The molecule has 0 bridgehead atoms. The molecular weight excluding hydrogens is 562 g/mol. The number of aliphatic hydroxyl groups excluding tert-OH is 1. The fourth-order valence-corrected chi connectivity index (χ4v) is 4.65. The van der Waals surface area contributed by atoms with E-state index in [1.54, 1.807) is 12.1 Å². The molecule has 7 N–H and O–H groups in total. The number of phenols is 1. The van der Waals surface area contributed by atoms with Crippen molar-refractivity contribution in [1.82, 2.24) is 20.9 Å². The molecule has 12 nitrogen and oxygen atoms in total. The van der Waals surface area contributed by atoms with Gasteiger partial charge in [-0.15, -0.1) is 0 Å². The molecule has 230 valence electrons. The molecule has 0 radical (unpaired) electrons. The third-order valence-electron chi connectivity index (χ3n) is 6.65. The van der Waals surface area contributed by atoms with Crippen LogP contribution in [-0.4, -0.2) is 99.3 Å².